The second kappa shape index (κ2) is 4.40. The van der Waals surface area contributed by atoms with Crippen LogP contribution in [0.3, 0.4) is 0 Å². The van der Waals surface area contributed by atoms with Crippen molar-refractivity contribution < 1.29 is 4.79 Å². The number of carbonyl (C=O) groups excluding carboxylic acids is 1. The molecule has 0 aromatic heterocycles. The largest absolute Gasteiger partial charge is 0.298 e. The molecular weight excluding hydrogens is 253 g/mol. The highest BCUT2D eigenvalue weighted by Gasteiger charge is 2.08. The normalized spacial score (nSPS) is 9.31. The van der Waals surface area contributed by atoms with Crippen LogP contribution in [0.4, 0.5) is 0 Å². The van der Waals surface area contributed by atoms with Crippen molar-refractivity contribution in [1.29, 1.82) is 5.26 Å². The van der Waals surface area contributed by atoms with E-state index in [9.17, 15) is 4.79 Å². The van der Waals surface area contributed by atoms with Gasteiger partial charge in [0.05, 0.1) is 17.5 Å². The van der Waals surface area contributed by atoms with Gasteiger partial charge in [-0.2, -0.15) is 5.26 Å². The molecule has 13 heavy (non-hydrogen) atoms. The summed E-state index contributed by atoms with van der Waals surface area (Å²) in [5.74, 6) is 0. The molecule has 0 aliphatic rings. The second-order valence-electron chi connectivity index (χ2n) is 2.38. The number of benzene rings is 1. The molecule has 0 atom stereocenters. The van der Waals surface area contributed by atoms with Crippen molar-refractivity contribution in [3.8, 4) is 6.07 Å². The smallest absolute Gasteiger partial charge is 0.151 e. The van der Waals surface area contributed by atoms with E-state index < -0.39 is 0 Å². The minimum absolute atomic E-state index is 0.196. The van der Waals surface area contributed by atoms with Gasteiger partial charge in [0.2, 0.25) is 0 Å². The number of rotatable bonds is 2. The molecule has 1 aromatic carbocycles. The Hall–Kier alpha value is -0.850. The van der Waals surface area contributed by atoms with Crippen LogP contribution >= 0.6 is 27.5 Å². The average Bonchev–Trinajstić information content (AvgIpc) is 2.12. The SMILES string of the molecule is N#CCc1c(Br)ccc(C=O)c1Cl. The number of hydrogen-bond acceptors (Lipinski definition) is 2. The lowest BCUT2D eigenvalue weighted by atomic mass is 10.1. The molecule has 0 radical (unpaired) electrons. The first kappa shape index (κ1) is 10.2. The third-order valence-corrected chi connectivity index (χ3v) is 2.79. The van der Waals surface area contributed by atoms with E-state index in [4.69, 9.17) is 16.9 Å². The molecule has 66 valence electrons. The zero-order valence-electron chi connectivity index (χ0n) is 6.55. The number of halogens is 2. The van der Waals surface area contributed by atoms with Gasteiger partial charge in [-0.3, -0.25) is 4.79 Å². The number of carbonyl (C=O) groups is 1. The van der Waals surface area contributed by atoms with Gasteiger partial charge < -0.3 is 0 Å². The van der Waals surface area contributed by atoms with Gasteiger partial charge in [-0.25, -0.2) is 0 Å². The van der Waals surface area contributed by atoms with Crippen molar-refractivity contribution in [3.63, 3.8) is 0 Å². The zero-order valence-corrected chi connectivity index (χ0v) is 8.89. The lowest BCUT2D eigenvalue weighted by molar-refractivity contribution is 0.112. The van der Waals surface area contributed by atoms with Gasteiger partial charge in [0.15, 0.2) is 6.29 Å². The van der Waals surface area contributed by atoms with Crippen molar-refractivity contribution in [3.05, 3.63) is 32.8 Å². The van der Waals surface area contributed by atoms with Gasteiger partial charge in [-0.15, -0.1) is 0 Å². The molecule has 0 fully saturated rings. The van der Waals surface area contributed by atoms with Crippen molar-refractivity contribution in [2.75, 3.05) is 0 Å². The van der Waals surface area contributed by atoms with Crippen LogP contribution in [-0.2, 0) is 6.42 Å². The maximum atomic E-state index is 10.5. The number of hydrogen-bond donors (Lipinski definition) is 0. The van der Waals surface area contributed by atoms with Crippen molar-refractivity contribution in [2.24, 2.45) is 0 Å². The Balaban J connectivity index is 3.31. The molecule has 1 rings (SSSR count). The van der Waals surface area contributed by atoms with Crippen LogP contribution in [0.5, 0.6) is 0 Å². The van der Waals surface area contributed by atoms with E-state index in [-0.39, 0.29) is 6.42 Å². The maximum absolute atomic E-state index is 10.5. The molecule has 0 aliphatic heterocycles. The summed E-state index contributed by atoms with van der Waals surface area (Å²) in [7, 11) is 0. The van der Waals surface area contributed by atoms with Crippen LogP contribution in [0, 0.1) is 11.3 Å². The quantitative estimate of drug-likeness (QED) is 0.765. The molecule has 0 heterocycles. The van der Waals surface area contributed by atoms with E-state index in [0.29, 0.717) is 22.4 Å². The van der Waals surface area contributed by atoms with Gasteiger partial charge >= 0.3 is 0 Å². The van der Waals surface area contributed by atoms with E-state index in [1.807, 2.05) is 6.07 Å². The highest BCUT2D eigenvalue weighted by atomic mass is 79.9. The van der Waals surface area contributed by atoms with Gasteiger partial charge in [0.25, 0.3) is 0 Å². The Labute approximate surface area is 89.3 Å². The summed E-state index contributed by atoms with van der Waals surface area (Å²) < 4.78 is 0.754. The first-order valence-electron chi connectivity index (χ1n) is 3.49. The predicted octanol–water partition coefficient (Wildman–Crippen LogP) is 2.98. The highest BCUT2D eigenvalue weighted by molar-refractivity contribution is 9.10. The van der Waals surface area contributed by atoms with Gasteiger partial charge in [0, 0.05) is 10.0 Å². The third-order valence-electron chi connectivity index (χ3n) is 1.60. The topological polar surface area (TPSA) is 40.9 Å². The van der Waals surface area contributed by atoms with Gasteiger partial charge in [-0.1, -0.05) is 27.5 Å². The van der Waals surface area contributed by atoms with E-state index in [1.54, 1.807) is 12.1 Å². The molecule has 0 N–H and O–H groups in total. The molecule has 2 nitrogen and oxygen atoms in total. The second-order valence-corrected chi connectivity index (χ2v) is 3.61. The zero-order chi connectivity index (χ0) is 9.84. The van der Waals surface area contributed by atoms with Crippen molar-refractivity contribution in [2.45, 2.75) is 6.42 Å². The molecule has 0 amide bonds. The summed E-state index contributed by atoms with van der Waals surface area (Å²) in [6.45, 7) is 0. The molecule has 0 bridgehead atoms. The molecule has 0 unspecified atom stereocenters. The fourth-order valence-electron chi connectivity index (χ4n) is 0.948. The summed E-state index contributed by atoms with van der Waals surface area (Å²) in [5.41, 5.74) is 1.07. The summed E-state index contributed by atoms with van der Waals surface area (Å²) in [4.78, 5) is 10.5. The van der Waals surface area contributed by atoms with E-state index in [0.717, 1.165) is 4.47 Å². The number of nitrogens with zero attached hydrogens (tertiary/aromatic N) is 1. The van der Waals surface area contributed by atoms with Crippen LogP contribution < -0.4 is 0 Å². The molecule has 0 saturated carbocycles. The summed E-state index contributed by atoms with van der Waals surface area (Å²) in [5, 5.41) is 8.87. The Morgan fingerprint density at radius 3 is 2.85 bits per heavy atom. The highest BCUT2D eigenvalue weighted by Crippen LogP contribution is 2.27. The molecular formula is C9H5BrClNO. The molecule has 4 heteroatoms. The molecule has 0 spiro atoms. The van der Waals surface area contributed by atoms with Crippen LogP contribution in [0.2, 0.25) is 5.02 Å². The van der Waals surface area contributed by atoms with Gasteiger partial charge in [0.1, 0.15) is 0 Å². The lowest BCUT2D eigenvalue weighted by Crippen LogP contribution is -1.91. The fourth-order valence-corrected chi connectivity index (χ4v) is 1.81. The van der Waals surface area contributed by atoms with Crippen LogP contribution in [-0.4, -0.2) is 6.29 Å². The summed E-state index contributed by atoms with van der Waals surface area (Å²) in [6, 6.07) is 5.31. The number of aldehydes is 1. The minimum Gasteiger partial charge on any atom is -0.298 e. The summed E-state index contributed by atoms with van der Waals surface area (Å²) in [6.07, 6.45) is 0.872. The molecule has 0 saturated heterocycles. The van der Waals surface area contributed by atoms with Crippen LogP contribution in [0.1, 0.15) is 15.9 Å². The van der Waals surface area contributed by atoms with Gasteiger partial charge in [-0.05, 0) is 17.7 Å². The summed E-state index contributed by atoms with van der Waals surface area (Å²) >= 11 is 9.14. The first-order valence-corrected chi connectivity index (χ1v) is 4.66. The maximum Gasteiger partial charge on any atom is 0.151 e. The van der Waals surface area contributed by atoms with Crippen molar-refractivity contribution in [1.82, 2.24) is 0 Å². The Kier molecular flexibility index (Phi) is 3.47. The molecule has 1 aromatic rings. The van der Waals surface area contributed by atoms with E-state index in [1.165, 1.54) is 0 Å². The molecule has 0 aliphatic carbocycles. The lowest BCUT2D eigenvalue weighted by Gasteiger charge is -2.04. The Morgan fingerprint density at radius 1 is 1.62 bits per heavy atom. The first-order chi connectivity index (χ1) is 6.20. The van der Waals surface area contributed by atoms with E-state index >= 15 is 0 Å². The van der Waals surface area contributed by atoms with E-state index in [2.05, 4.69) is 15.9 Å². The monoisotopic (exact) mass is 257 g/mol. The predicted molar refractivity (Wildman–Crippen MR) is 53.9 cm³/mol. The van der Waals surface area contributed by atoms with Crippen molar-refractivity contribution >= 4 is 33.8 Å². The average molecular weight is 259 g/mol. The minimum atomic E-state index is 0.196. The standard InChI is InChI=1S/C9H5BrClNO/c10-8-2-1-6(5-13)9(11)7(8)3-4-12/h1-2,5H,3H2. The number of nitriles is 1. The third kappa shape index (κ3) is 2.09. The fraction of sp³-hybridized carbons (Fsp3) is 0.111. The van der Waals surface area contributed by atoms with Crippen LogP contribution in [0.15, 0.2) is 16.6 Å². The Bertz CT molecular complexity index is 384. The Morgan fingerprint density at radius 2 is 2.31 bits per heavy atom. The van der Waals surface area contributed by atoms with Crippen LogP contribution in [0.25, 0.3) is 0 Å².